The molecule has 7 heteroatoms. The first-order valence-corrected chi connectivity index (χ1v) is 8.69. The SMILES string of the molecule is C=CCN1C[C@@]2(C(=O)O)CN(Cc3cc4c(cc3C)OCO4)C[C@H]2C1=O. The lowest BCUT2D eigenvalue weighted by Crippen LogP contribution is -2.40. The molecule has 1 amide bonds. The average molecular weight is 358 g/mol. The Morgan fingerprint density at radius 2 is 2.12 bits per heavy atom. The number of carbonyl (C=O) groups excluding carboxylic acids is 1. The molecule has 138 valence electrons. The van der Waals surface area contributed by atoms with E-state index in [4.69, 9.17) is 9.47 Å². The van der Waals surface area contributed by atoms with Gasteiger partial charge in [0.05, 0.1) is 5.92 Å². The van der Waals surface area contributed by atoms with E-state index in [9.17, 15) is 14.7 Å². The van der Waals surface area contributed by atoms with E-state index in [0.29, 0.717) is 31.9 Å². The van der Waals surface area contributed by atoms with Gasteiger partial charge in [0.1, 0.15) is 5.41 Å². The monoisotopic (exact) mass is 358 g/mol. The van der Waals surface area contributed by atoms with E-state index in [1.165, 1.54) is 0 Å². The van der Waals surface area contributed by atoms with Crippen LogP contribution in [0.15, 0.2) is 24.8 Å². The molecule has 1 aromatic carbocycles. The van der Waals surface area contributed by atoms with Gasteiger partial charge in [-0.3, -0.25) is 14.5 Å². The van der Waals surface area contributed by atoms with Crippen molar-refractivity contribution < 1.29 is 24.2 Å². The molecule has 0 aliphatic carbocycles. The minimum Gasteiger partial charge on any atom is -0.481 e. The largest absolute Gasteiger partial charge is 0.481 e. The lowest BCUT2D eigenvalue weighted by atomic mass is 9.81. The molecule has 2 fully saturated rings. The second-order valence-corrected chi connectivity index (χ2v) is 7.32. The molecule has 0 bridgehead atoms. The first kappa shape index (κ1) is 16.9. The smallest absolute Gasteiger partial charge is 0.313 e. The maximum Gasteiger partial charge on any atom is 0.313 e. The normalized spacial score (nSPS) is 27.0. The summed E-state index contributed by atoms with van der Waals surface area (Å²) in [5.41, 5.74) is 1.09. The Balaban J connectivity index is 1.56. The van der Waals surface area contributed by atoms with Crippen molar-refractivity contribution in [3.63, 3.8) is 0 Å². The van der Waals surface area contributed by atoms with Crippen LogP contribution in [0, 0.1) is 18.3 Å². The van der Waals surface area contributed by atoms with Gasteiger partial charge in [0.15, 0.2) is 11.5 Å². The number of carboxylic acids is 1. The zero-order valence-electron chi connectivity index (χ0n) is 14.7. The van der Waals surface area contributed by atoms with Gasteiger partial charge >= 0.3 is 5.97 Å². The van der Waals surface area contributed by atoms with Gasteiger partial charge in [-0.15, -0.1) is 6.58 Å². The maximum atomic E-state index is 12.7. The highest BCUT2D eigenvalue weighted by atomic mass is 16.7. The zero-order chi connectivity index (χ0) is 18.5. The molecular formula is C19H22N2O5. The average Bonchev–Trinajstić information content (AvgIpc) is 3.24. The minimum atomic E-state index is -1.04. The van der Waals surface area contributed by atoms with Crippen LogP contribution in [0.2, 0.25) is 0 Å². The van der Waals surface area contributed by atoms with Crippen LogP contribution in [-0.2, 0) is 16.1 Å². The number of fused-ring (bicyclic) bond motifs is 2. The van der Waals surface area contributed by atoms with Gasteiger partial charge in [0.25, 0.3) is 0 Å². The van der Waals surface area contributed by atoms with E-state index in [-0.39, 0.29) is 19.2 Å². The molecule has 0 unspecified atom stereocenters. The van der Waals surface area contributed by atoms with Crippen molar-refractivity contribution in [1.82, 2.24) is 9.80 Å². The number of aliphatic carboxylic acids is 1. The molecule has 0 radical (unpaired) electrons. The number of amides is 1. The zero-order valence-corrected chi connectivity index (χ0v) is 14.7. The Hall–Kier alpha value is -2.54. The van der Waals surface area contributed by atoms with Crippen molar-refractivity contribution in [2.75, 3.05) is 33.0 Å². The van der Waals surface area contributed by atoms with Gasteiger partial charge in [-0.1, -0.05) is 6.08 Å². The van der Waals surface area contributed by atoms with Crippen molar-refractivity contribution in [3.8, 4) is 11.5 Å². The fourth-order valence-electron chi connectivity index (χ4n) is 4.33. The number of benzene rings is 1. The van der Waals surface area contributed by atoms with E-state index >= 15 is 0 Å². The highest BCUT2D eigenvalue weighted by Gasteiger charge is 2.61. The Labute approximate surface area is 151 Å². The maximum absolute atomic E-state index is 12.7. The molecular weight excluding hydrogens is 336 g/mol. The van der Waals surface area contributed by atoms with Crippen LogP contribution in [0.4, 0.5) is 0 Å². The second-order valence-electron chi connectivity index (χ2n) is 7.32. The summed E-state index contributed by atoms with van der Waals surface area (Å²) >= 11 is 0. The second kappa shape index (κ2) is 6.02. The number of hydrogen-bond acceptors (Lipinski definition) is 5. The lowest BCUT2D eigenvalue weighted by Gasteiger charge is -2.25. The fourth-order valence-corrected chi connectivity index (χ4v) is 4.33. The number of hydrogen-bond donors (Lipinski definition) is 1. The molecule has 2 saturated heterocycles. The van der Waals surface area contributed by atoms with Gasteiger partial charge in [0, 0.05) is 32.7 Å². The number of aryl methyl sites for hydroxylation is 1. The molecule has 26 heavy (non-hydrogen) atoms. The third-order valence-electron chi connectivity index (χ3n) is 5.70. The molecule has 0 aromatic heterocycles. The third-order valence-corrected chi connectivity index (χ3v) is 5.70. The quantitative estimate of drug-likeness (QED) is 0.798. The van der Waals surface area contributed by atoms with Gasteiger partial charge in [-0.05, 0) is 30.2 Å². The van der Waals surface area contributed by atoms with E-state index < -0.39 is 17.3 Å². The number of likely N-dealkylation sites (tertiary alicyclic amines) is 2. The number of rotatable bonds is 5. The number of ether oxygens (including phenoxy) is 2. The van der Waals surface area contributed by atoms with Crippen LogP contribution in [0.1, 0.15) is 11.1 Å². The first-order chi connectivity index (χ1) is 12.4. The summed E-state index contributed by atoms with van der Waals surface area (Å²) in [5.74, 6) is -0.0354. The topological polar surface area (TPSA) is 79.3 Å². The summed E-state index contributed by atoms with van der Waals surface area (Å²) in [6, 6.07) is 3.89. The van der Waals surface area contributed by atoms with Crippen LogP contribution in [0.5, 0.6) is 11.5 Å². The highest BCUT2D eigenvalue weighted by Crippen LogP contribution is 2.44. The van der Waals surface area contributed by atoms with Crippen LogP contribution in [0.25, 0.3) is 0 Å². The molecule has 1 N–H and O–H groups in total. The van der Waals surface area contributed by atoms with Crippen molar-refractivity contribution in [1.29, 1.82) is 0 Å². The highest BCUT2D eigenvalue weighted by molar-refractivity contribution is 5.92. The Morgan fingerprint density at radius 3 is 2.77 bits per heavy atom. The molecule has 7 nitrogen and oxygen atoms in total. The number of carboxylic acid groups (broad SMARTS) is 1. The predicted octanol–water partition coefficient (Wildman–Crippen LogP) is 1.25. The Kier molecular flexibility index (Phi) is 3.91. The molecule has 1 aromatic rings. The molecule has 3 heterocycles. The van der Waals surface area contributed by atoms with Crippen LogP contribution in [-0.4, -0.2) is 59.8 Å². The van der Waals surface area contributed by atoms with E-state index in [0.717, 1.165) is 16.9 Å². The summed E-state index contributed by atoms with van der Waals surface area (Å²) in [7, 11) is 0. The van der Waals surface area contributed by atoms with Crippen molar-refractivity contribution in [3.05, 3.63) is 35.9 Å². The van der Waals surface area contributed by atoms with Gasteiger partial charge in [-0.2, -0.15) is 0 Å². The molecule has 2 atom stereocenters. The molecule has 4 rings (SSSR count). The molecule has 0 saturated carbocycles. The van der Waals surface area contributed by atoms with Crippen molar-refractivity contribution in [2.24, 2.45) is 11.3 Å². The van der Waals surface area contributed by atoms with E-state index in [1.54, 1.807) is 11.0 Å². The van der Waals surface area contributed by atoms with Crippen molar-refractivity contribution >= 4 is 11.9 Å². The Bertz CT molecular complexity index is 792. The van der Waals surface area contributed by atoms with Crippen LogP contribution >= 0.6 is 0 Å². The fraction of sp³-hybridized carbons (Fsp3) is 0.474. The summed E-state index contributed by atoms with van der Waals surface area (Å²) in [6.45, 7) is 7.91. The van der Waals surface area contributed by atoms with Gasteiger partial charge in [-0.25, -0.2) is 0 Å². The van der Waals surface area contributed by atoms with Crippen LogP contribution in [0.3, 0.4) is 0 Å². The first-order valence-electron chi connectivity index (χ1n) is 8.69. The molecule has 3 aliphatic heterocycles. The number of nitrogens with zero attached hydrogens (tertiary/aromatic N) is 2. The molecule has 0 spiro atoms. The number of carbonyl (C=O) groups is 2. The van der Waals surface area contributed by atoms with Crippen LogP contribution < -0.4 is 9.47 Å². The lowest BCUT2D eigenvalue weighted by molar-refractivity contribution is -0.149. The van der Waals surface area contributed by atoms with E-state index in [1.807, 2.05) is 19.1 Å². The standard InChI is InChI=1S/C19H22N2O5/c1-3-4-21-10-19(18(23)24)9-20(8-14(19)17(21)22)7-13-6-16-15(5-12(13)2)25-11-26-16/h3,5-6,14H,1,4,7-11H2,2H3,(H,23,24)/t14-,19-/m0/s1. The summed E-state index contributed by atoms with van der Waals surface area (Å²) < 4.78 is 10.8. The van der Waals surface area contributed by atoms with Gasteiger partial charge in [0.2, 0.25) is 12.7 Å². The molecule has 3 aliphatic rings. The minimum absolute atomic E-state index is 0.0859. The summed E-state index contributed by atoms with van der Waals surface area (Å²) in [5, 5.41) is 9.88. The Morgan fingerprint density at radius 1 is 1.38 bits per heavy atom. The van der Waals surface area contributed by atoms with Gasteiger partial charge < -0.3 is 19.5 Å². The predicted molar refractivity (Wildman–Crippen MR) is 92.9 cm³/mol. The summed E-state index contributed by atoms with van der Waals surface area (Å²) in [6.07, 6.45) is 1.64. The van der Waals surface area contributed by atoms with Crippen molar-refractivity contribution in [2.45, 2.75) is 13.5 Å². The summed E-state index contributed by atoms with van der Waals surface area (Å²) in [4.78, 5) is 28.4. The third kappa shape index (κ3) is 2.46. The van der Waals surface area contributed by atoms with E-state index in [2.05, 4.69) is 11.5 Å².